The van der Waals surface area contributed by atoms with E-state index in [0.717, 1.165) is 31.9 Å². The molecule has 1 atom stereocenters. The molecule has 1 saturated heterocycles. The van der Waals surface area contributed by atoms with Crippen LogP contribution in [0.1, 0.15) is 25.2 Å². The van der Waals surface area contributed by atoms with Gasteiger partial charge in [-0.3, -0.25) is 9.67 Å². The van der Waals surface area contributed by atoms with Crippen LogP contribution in [0.25, 0.3) is 0 Å². The number of hydrogen-bond acceptors (Lipinski definition) is 3. The number of aromatic amines is 1. The Labute approximate surface area is 81.9 Å². The van der Waals surface area contributed by atoms with E-state index >= 15 is 0 Å². The molecule has 4 nitrogen and oxygen atoms in total. The first-order valence-electron chi connectivity index (χ1n) is 4.56. The van der Waals surface area contributed by atoms with E-state index in [1.54, 1.807) is 0 Å². The minimum absolute atomic E-state index is 0.390. The number of aromatic nitrogens is 3. The van der Waals surface area contributed by atoms with Gasteiger partial charge in [0.05, 0.1) is 12.6 Å². The average Bonchev–Trinajstić information content (AvgIpc) is 2.72. The monoisotopic (exact) mass is 199 g/mol. The van der Waals surface area contributed by atoms with Crippen molar-refractivity contribution < 1.29 is 4.74 Å². The zero-order chi connectivity index (χ0) is 9.26. The zero-order valence-corrected chi connectivity index (χ0v) is 8.43. The Hall–Kier alpha value is -0.680. The summed E-state index contributed by atoms with van der Waals surface area (Å²) < 4.78 is 8.13. The maximum atomic E-state index is 5.33. The van der Waals surface area contributed by atoms with Gasteiger partial charge < -0.3 is 4.74 Å². The van der Waals surface area contributed by atoms with Crippen LogP contribution in [0.2, 0.25) is 0 Å². The summed E-state index contributed by atoms with van der Waals surface area (Å²) >= 11 is 5.17. The lowest BCUT2D eigenvalue weighted by molar-refractivity contribution is 0.186. The van der Waals surface area contributed by atoms with Crippen molar-refractivity contribution in [1.29, 1.82) is 0 Å². The van der Waals surface area contributed by atoms with Gasteiger partial charge in [-0.2, -0.15) is 5.10 Å². The second-order valence-electron chi connectivity index (χ2n) is 3.19. The second-order valence-corrected chi connectivity index (χ2v) is 3.57. The zero-order valence-electron chi connectivity index (χ0n) is 7.62. The van der Waals surface area contributed by atoms with E-state index < -0.39 is 0 Å². The predicted molar refractivity (Wildman–Crippen MR) is 51.3 cm³/mol. The van der Waals surface area contributed by atoms with Gasteiger partial charge in [-0.05, 0) is 18.6 Å². The first kappa shape index (κ1) is 8.90. The van der Waals surface area contributed by atoms with Crippen LogP contribution >= 0.6 is 12.2 Å². The summed E-state index contributed by atoms with van der Waals surface area (Å²) in [5.74, 6) is 1.03. The number of ether oxygens (including phenoxy) is 1. The molecule has 0 aliphatic carbocycles. The van der Waals surface area contributed by atoms with Crippen molar-refractivity contribution in [3.05, 3.63) is 10.6 Å². The molecule has 13 heavy (non-hydrogen) atoms. The Bertz CT molecular complexity index is 337. The van der Waals surface area contributed by atoms with Crippen molar-refractivity contribution >= 4 is 12.2 Å². The summed E-state index contributed by atoms with van der Waals surface area (Å²) in [6, 6.07) is 0.390. The van der Waals surface area contributed by atoms with Crippen molar-refractivity contribution in [2.45, 2.75) is 25.8 Å². The summed E-state index contributed by atoms with van der Waals surface area (Å²) in [6.07, 6.45) is 1.95. The largest absolute Gasteiger partial charge is 0.379 e. The van der Waals surface area contributed by atoms with E-state index in [1.807, 2.05) is 0 Å². The highest BCUT2D eigenvalue weighted by Gasteiger charge is 2.20. The predicted octanol–water partition coefficient (Wildman–Crippen LogP) is 1.46. The number of nitrogens with zero attached hydrogens (tertiary/aromatic N) is 2. The molecule has 0 bridgehead atoms. The molecule has 2 rings (SSSR count). The van der Waals surface area contributed by atoms with Gasteiger partial charge in [-0.25, -0.2) is 0 Å². The van der Waals surface area contributed by atoms with Crippen LogP contribution < -0.4 is 0 Å². The van der Waals surface area contributed by atoms with Crippen LogP contribution in [0.4, 0.5) is 0 Å². The number of aryl methyl sites for hydroxylation is 1. The van der Waals surface area contributed by atoms with Gasteiger partial charge in [0.2, 0.25) is 0 Å². The Morgan fingerprint density at radius 2 is 2.62 bits per heavy atom. The standard InChI is InChI=1S/C8H13N3OS/c1-2-7-9-10-8(13)11(7)6-3-4-12-5-6/h6H,2-5H2,1H3,(H,10,13). The molecule has 1 aliphatic heterocycles. The molecule has 0 aromatic carbocycles. The molecule has 0 amide bonds. The first-order chi connectivity index (χ1) is 6.33. The van der Waals surface area contributed by atoms with Crippen molar-refractivity contribution in [2.75, 3.05) is 13.2 Å². The molecular weight excluding hydrogens is 186 g/mol. The molecule has 1 aromatic heterocycles. The fourth-order valence-electron chi connectivity index (χ4n) is 1.69. The smallest absolute Gasteiger partial charge is 0.195 e. The minimum atomic E-state index is 0.390. The van der Waals surface area contributed by atoms with E-state index in [2.05, 4.69) is 21.7 Å². The van der Waals surface area contributed by atoms with Crippen molar-refractivity contribution in [2.24, 2.45) is 0 Å². The molecule has 72 valence electrons. The number of H-pyrrole nitrogens is 1. The topological polar surface area (TPSA) is 42.8 Å². The number of hydrogen-bond donors (Lipinski definition) is 1. The second kappa shape index (κ2) is 3.59. The van der Waals surface area contributed by atoms with Crippen molar-refractivity contribution in [1.82, 2.24) is 14.8 Å². The highest BCUT2D eigenvalue weighted by molar-refractivity contribution is 7.71. The van der Waals surface area contributed by atoms with Crippen LogP contribution in [0.5, 0.6) is 0 Å². The molecular formula is C8H13N3OS. The van der Waals surface area contributed by atoms with Gasteiger partial charge >= 0.3 is 0 Å². The molecule has 1 aromatic rings. The van der Waals surface area contributed by atoms with Crippen LogP contribution in [-0.2, 0) is 11.2 Å². The van der Waals surface area contributed by atoms with E-state index in [4.69, 9.17) is 17.0 Å². The van der Waals surface area contributed by atoms with Gasteiger partial charge in [0, 0.05) is 13.0 Å². The quantitative estimate of drug-likeness (QED) is 0.733. The molecule has 1 N–H and O–H groups in total. The van der Waals surface area contributed by atoms with Crippen LogP contribution in [-0.4, -0.2) is 28.0 Å². The van der Waals surface area contributed by atoms with E-state index in [0.29, 0.717) is 10.8 Å². The van der Waals surface area contributed by atoms with Crippen molar-refractivity contribution in [3.63, 3.8) is 0 Å². The third-order valence-electron chi connectivity index (χ3n) is 2.36. The highest BCUT2D eigenvalue weighted by Crippen LogP contribution is 2.20. The summed E-state index contributed by atoms with van der Waals surface area (Å²) in [5, 5.41) is 6.99. The summed E-state index contributed by atoms with van der Waals surface area (Å²) in [7, 11) is 0. The maximum Gasteiger partial charge on any atom is 0.195 e. The van der Waals surface area contributed by atoms with Crippen LogP contribution in [0.3, 0.4) is 0 Å². The lowest BCUT2D eigenvalue weighted by Crippen LogP contribution is -2.12. The molecule has 1 fully saturated rings. The third-order valence-corrected chi connectivity index (χ3v) is 2.65. The lowest BCUT2D eigenvalue weighted by Gasteiger charge is -2.10. The third kappa shape index (κ3) is 1.53. The van der Waals surface area contributed by atoms with Gasteiger partial charge in [0.1, 0.15) is 5.82 Å². The lowest BCUT2D eigenvalue weighted by atomic mass is 10.2. The van der Waals surface area contributed by atoms with Gasteiger partial charge in [-0.15, -0.1) is 0 Å². The van der Waals surface area contributed by atoms with Gasteiger partial charge in [0.25, 0.3) is 0 Å². The molecule has 0 saturated carbocycles. The van der Waals surface area contributed by atoms with E-state index in [-0.39, 0.29) is 0 Å². The highest BCUT2D eigenvalue weighted by atomic mass is 32.1. The Morgan fingerprint density at radius 1 is 1.77 bits per heavy atom. The molecule has 1 aliphatic rings. The maximum absolute atomic E-state index is 5.33. The van der Waals surface area contributed by atoms with Crippen LogP contribution in [0, 0.1) is 4.77 Å². The minimum Gasteiger partial charge on any atom is -0.379 e. The number of rotatable bonds is 2. The summed E-state index contributed by atoms with van der Waals surface area (Å²) in [5.41, 5.74) is 0. The van der Waals surface area contributed by atoms with Gasteiger partial charge in [0.15, 0.2) is 4.77 Å². The molecule has 2 heterocycles. The molecule has 0 radical (unpaired) electrons. The Balaban J connectivity index is 2.36. The van der Waals surface area contributed by atoms with Crippen LogP contribution in [0.15, 0.2) is 0 Å². The fraction of sp³-hybridized carbons (Fsp3) is 0.750. The number of nitrogens with one attached hydrogen (secondary N) is 1. The fourth-order valence-corrected chi connectivity index (χ4v) is 1.99. The molecule has 5 heteroatoms. The summed E-state index contributed by atoms with van der Waals surface area (Å²) in [4.78, 5) is 0. The van der Waals surface area contributed by atoms with Crippen molar-refractivity contribution in [3.8, 4) is 0 Å². The molecule has 1 unspecified atom stereocenters. The van der Waals surface area contributed by atoms with E-state index in [1.165, 1.54) is 0 Å². The average molecular weight is 199 g/mol. The normalized spacial score (nSPS) is 22.4. The first-order valence-corrected chi connectivity index (χ1v) is 4.97. The Morgan fingerprint density at radius 3 is 3.23 bits per heavy atom. The van der Waals surface area contributed by atoms with Gasteiger partial charge in [-0.1, -0.05) is 6.92 Å². The SMILES string of the molecule is CCc1n[nH]c(=S)n1C1CCOC1. The van der Waals surface area contributed by atoms with E-state index in [9.17, 15) is 0 Å². The summed E-state index contributed by atoms with van der Waals surface area (Å²) in [6.45, 7) is 3.68. The molecule has 0 spiro atoms. The Kier molecular flexibility index (Phi) is 2.46.